The molecule has 0 aliphatic carbocycles. The highest BCUT2D eigenvalue weighted by Crippen LogP contribution is 2.23. The lowest BCUT2D eigenvalue weighted by molar-refractivity contribution is -0.136. The van der Waals surface area contributed by atoms with E-state index in [-0.39, 0.29) is 17.7 Å². The lowest BCUT2D eigenvalue weighted by atomic mass is 10.1. The summed E-state index contributed by atoms with van der Waals surface area (Å²) in [7, 11) is 1.65. The van der Waals surface area contributed by atoms with Crippen molar-refractivity contribution in [3.8, 4) is 5.75 Å². The Morgan fingerprint density at radius 2 is 1.51 bits per heavy atom. The number of imide groups is 1. The molecule has 0 saturated heterocycles. The predicted octanol–water partition coefficient (Wildman–Crippen LogP) is 1.20. The minimum Gasteiger partial charge on any atom is -0.497 e. The van der Waals surface area contributed by atoms with E-state index in [9.17, 15) is 14.4 Å². The first-order valence-corrected chi connectivity index (χ1v) is 14.0. The van der Waals surface area contributed by atoms with Crippen LogP contribution < -0.4 is 15.4 Å². The number of nitrogens with zero attached hydrogens (tertiary/aromatic N) is 1. The molecule has 0 radical (unpaired) electrons. The Bertz CT molecular complexity index is 1100. The number of hydrogen-bond donors (Lipinski definition) is 3. The third-order valence-electron chi connectivity index (χ3n) is 6.34. The molecule has 0 saturated carbocycles. The van der Waals surface area contributed by atoms with Gasteiger partial charge in [0.1, 0.15) is 5.75 Å². The normalized spacial score (nSPS) is 13.0. The van der Waals surface area contributed by atoms with E-state index in [2.05, 4.69) is 15.6 Å². The number of fused-ring (bicyclic) bond motifs is 1. The van der Waals surface area contributed by atoms with E-state index in [0.29, 0.717) is 91.9 Å². The van der Waals surface area contributed by atoms with E-state index in [1.54, 1.807) is 7.11 Å². The molecule has 1 aromatic heterocycles. The number of aromatic amines is 1. The molecule has 2 heterocycles. The second kappa shape index (κ2) is 18.9. The molecular weight excluding hydrogens is 532 g/mol. The number of H-pyrrole nitrogens is 1. The van der Waals surface area contributed by atoms with E-state index in [0.717, 1.165) is 28.6 Å². The Balaban J connectivity index is 1.03. The highest BCUT2D eigenvalue weighted by Gasteiger charge is 2.22. The number of aromatic nitrogens is 1. The van der Waals surface area contributed by atoms with Gasteiger partial charge in [-0.1, -0.05) is 0 Å². The molecule has 3 N–H and O–H groups in total. The number of carbonyl (C=O) groups excluding carboxylic acids is 3. The first-order chi connectivity index (χ1) is 20.1. The topological polar surface area (TPSA) is 140 Å². The van der Waals surface area contributed by atoms with Crippen molar-refractivity contribution in [3.05, 3.63) is 42.1 Å². The van der Waals surface area contributed by atoms with Gasteiger partial charge in [-0.3, -0.25) is 19.3 Å². The number of hydrogen-bond acceptors (Lipinski definition) is 9. The summed E-state index contributed by atoms with van der Waals surface area (Å²) in [5.41, 5.74) is 2.18. The maximum atomic E-state index is 12.1. The quantitative estimate of drug-likeness (QED) is 0.132. The van der Waals surface area contributed by atoms with E-state index in [1.807, 2.05) is 24.4 Å². The monoisotopic (exact) mass is 574 g/mol. The Labute approximate surface area is 240 Å². The molecule has 0 fully saturated rings. The van der Waals surface area contributed by atoms with Crippen LogP contribution in [0, 0.1) is 0 Å². The fourth-order valence-electron chi connectivity index (χ4n) is 4.13. The highest BCUT2D eigenvalue weighted by molar-refractivity contribution is 6.12. The molecule has 0 bridgehead atoms. The maximum absolute atomic E-state index is 12.1. The first kappa shape index (κ1) is 32.2. The van der Waals surface area contributed by atoms with Crippen molar-refractivity contribution in [1.82, 2.24) is 20.5 Å². The molecule has 12 heteroatoms. The van der Waals surface area contributed by atoms with Gasteiger partial charge in [0.25, 0.3) is 11.8 Å². The van der Waals surface area contributed by atoms with Crippen molar-refractivity contribution >= 4 is 28.6 Å². The summed E-state index contributed by atoms with van der Waals surface area (Å²) in [4.78, 5) is 39.4. The number of carbonyl (C=O) groups is 3. The Kier molecular flexibility index (Phi) is 14.9. The van der Waals surface area contributed by atoms with Gasteiger partial charge in [0.2, 0.25) is 5.91 Å². The van der Waals surface area contributed by atoms with Gasteiger partial charge in [-0.05, 0) is 43.1 Å². The molecular formula is C29H42N4O8. The standard InChI is InChI=1S/C29H42N4O8/c1-37-24-3-4-26-25(21-24)23(22-32-26)7-10-31-27(34)8-13-38-15-17-40-19-20-41-18-16-39-14-11-30-9-2-12-33-28(35)5-6-29(33)36/h3-6,21-22,30,32H,2,7-20H2,1H3,(H,31,34). The van der Waals surface area contributed by atoms with Crippen molar-refractivity contribution < 1.29 is 38.1 Å². The average Bonchev–Trinajstić information content (AvgIpc) is 3.53. The summed E-state index contributed by atoms with van der Waals surface area (Å²) in [5, 5.41) is 7.25. The fourth-order valence-corrected chi connectivity index (χ4v) is 4.13. The van der Waals surface area contributed by atoms with Gasteiger partial charge >= 0.3 is 0 Å². The Hall–Kier alpha value is -3.29. The highest BCUT2D eigenvalue weighted by atomic mass is 16.6. The number of methoxy groups -OCH3 is 1. The Morgan fingerprint density at radius 1 is 0.854 bits per heavy atom. The van der Waals surface area contributed by atoms with Crippen LogP contribution in [-0.4, -0.2) is 114 Å². The lowest BCUT2D eigenvalue weighted by Crippen LogP contribution is -2.33. The van der Waals surface area contributed by atoms with Crippen LogP contribution in [0.4, 0.5) is 0 Å². The predicted molar refractivity (Wildman–Crippen MR) is 153 cm³/mol. The van der Waals surface area contributed by atoms with Crippen molar-refractivity contribution in [2.45, 2.75) is 19.3 Å². The molecule has 226 valence electrons. The van der Waals surface area contributed by atoms with Gasteiger partial charge in [-0.25, -0.2) is 0 Å². The zero-order chi connectivity index (χ0) is 29.1. The van der Waals surface area contributed by atoms with Crippen molar-refractivity contribution in [2.75, 3.05) is 86.1 Å². The summed E-state index contributed by atoms with van der Waals surface area (Å²) in [6.45, 7) is 6.02. The molecule has 2 aromatic rings. The van der Waals surface area contributed by atoms with Crippen molar-refractivity contribution in [2.24, 2.45) is 0 Å². The minimum atomic E-state index is -0.245. The SMILES string of the molecule is COc1ccc2[nH]cc(CCNC(=O)CCOCCOCCOCCOCCNCCCN3C(=O)C=CC3=O)c2c1. The van der Waals surface area contributed by atoms with Crippen molar-refractivity contribution in [3.63, 3.8) is 0 Å². The largest absolute Gasteiger partial charge is 0.497 e. The third-order valence-corrected chi connectivity index (χ3v) is 6.34. The maximum Gasteiger partial charge on any atom is 0.253 e. The molecule has 0 atom stereocenters. The molecule has 0 spiro atoms. The van der Waals surface area contributed by atoms with Gasteiger partial charge in [0.05, 0.1) is 60.0 Å². The zero-order valence-corrected chi connectivity index (χ0v) is 23.8. The van der Waals surface area contributed by atoms with Gasteiger partial charge in [0.15, 0.2) is 0 Å². The van der Waals surface area contributed by atoms with Crippen LogP contribution in [-0.2, 0) is 39.8 Å². The smallest absolute Gasteiger partial charge is 0.253 e. The van der Waals surface area contributed by atoms with Crippen LogP contribution in [0.15, 0.2) is 36.5 Å². The van der Waals surface area contributed by atoms with Gasteiger partial charge in [-0.2, -0.15) is 0 Å². The van der Waals surface area contributed by atoms with Crippen LogP contribution in [0.1, 0.15) is 18.4 Å². The molecule has 1 aromatic carbocycles. The van der Waals surface area contributed by atoms with E-state index in [1.165, 1.54) is 17.1 Å². The second-order valence-corrected chi connectivity index (χ2v) is 9.29. The van der Waals surface area contributed by atoms with E-state index < -0.39 is 0 Å². The lowest BCUT2D eigenvalue weighted by Gasteiger charge is -2.13. The fraction of sp³-hybridized carbons (Fsp3) is 0.552. The Morgan fingerprint density at radius 3 is 2.20 bits per heavy atom. The van der Waals surface area contributed by atoms with Gasteiger partial charge in [-0.15, -0.1) is 0 Å². The van der Waals surface area contributed by atoms with Crippen LogP contribution in [0.3, 0.4) is 0 Å². The summed E-state index contributed by atoms with van der Waals surface area (Å²) in [6, 6.07) is 5.90. The molecule has 0 unspecified atom stereocenters. The number of amides is 3. The summed E-state index contributed by atoms with van der Waals surface area (Å²) < 4.78 is 27.2. The molecule has 41 heavy (non-hydrogen) atoms. The third kappa shape index (κ3) is 12.0. The van der Waals surface area contributed by atoms with E-state index >= 15 is 0 Å². The zero-order valence-electron chi connectivity index (χ0n) is 23.8. The van der Waals surface area contributed by atoms with E-state index in [4.69, 9.17) is 23.7 Å². The number of benzene rings is 1. The molecule has 1 aliphatic heterocycles. The number of nitrogens with one attached hydrogen (secondary N) is 3. The molecule has 3 amide bonds. The van der Waals surface area contributed by atoms with Crippen LogP contribution in [0.25, 0.3) is 10.9 Å². The van der Waals surface area contributed by atoms with Crippen LogP contribution >= 0.6 is 0 Å². The van der Waals surface area contributed by atoms with Crippen LogP contribution in [0.5, 0.6) is 5.75 Å². The minimum absolute atomic E-state index is 0.0413. The summed E-state index contributed by atoms with van der Waals surface area (Å²) in [5.74, 6) is 0.277. The molecule has 3 rings (SSSR count). The summed E-state index contributed by atoms with van der Waals surface area (Å²) in [6.07, 6.45) is 6.29. The molecule has 1 aliphatic rings. The summed E-state index contributed by atoms with van der Waals surface area (Å²) >= 11 is 0. The number of ether oxygens (including phenoxy) is 5. The van der Waals surface area contributed by atoms with Gasteiger partial charge < -0.3 is 39.3 Å². The first-order valence-electron chi connectivity index (χ1n) is 14.0. The van der Waals surface area contributed by atoms with Crippen LogP contribution in [0.2, 0.25) is 0 Å². The number of rotatable bonds is 23. The molecule has 12 nitrogen and oxygen atoms in total. The second-order valence-electron chi connectivity index (χ2n) is 9.29. The van der Waals surface area contributed by atoms with Crippen molar-refractivity contribution in [1.29, 1.82) is 0 Å². The van der Waals surface area contributed by atoms with Gasteiger partial charge in [0, 0.05) is 55.3 Å². The average molecular weight is 575 g/mol.